The maximum atomic E-state index is 13.2. The minimum atomic E-state index is -3.70. The van der Waals surface area contributed by atoms with Gasteiger partial charge in [-0.3, -0.25) is 14.5 Å². The van der Waals surface area contributed by atoms with Crippen LogP contribution in [-0.4, -0.2) is 68.3 Å². The number of carbonyl (C=O) groups is 2. The number of amides is 1. The van der Waals surface area contributed by atoms with E-state index in [9.17, 15) is 18.0 Å². The van der Waals surface area contributed by atoms with Gasteiger partial charge in [-0.25, -0.2) is 13.1 Å². The summed E-state index contributed by atoms with van der Waals surface area (Å²) in [6.45, 7) is 4.26. The Morgan fingerprint density at radius 2 is 1.84 bits per heavy atom. The number of sulfonamides is 1. The number of thiocarbonyl (C=S) groups is 1. The van der Waals surface area contributed by atoms with Crippen molar-refractivity contribution in [3.63, 3.8) is 0 Å². The molecule has 1 fully saturated rings. The molecule has 1 aliphatic heterocycles. The standard InChI is InChI=1S/C26H26N4O5S3/c1-3-28(4-2)38(34,35)21-12-8-9-18(15-21)24-19(17-30(27-24)20-10-6-5-7-11-20)16-22-25(33)29(26(36)37-22)14-13-23(31)32/h5-12,15-17H,3-4,13-14H2,1-2H3,(H,31,32)/b22-16-. The van der Waals surface area contributed by atoms with Gasteiger partial charge in [0.15, 0.2) is 0 Å². The lowest BCUT2D eigenvalue weighted by Gasteiger charge is -2.18. The van der Waals surface area contributed by atoms with E-state index >= 15 is 0 Å². The van der Waals surface area contributed by atoms with Crippen LogP contribution in [-0.2, 0) is 19.6 Å². The smallest absolute Gasteiger partial charge is 0.305 e. The van der Waals surface area contributed by atoms with Crippen molar-refractivity contribution in [1.29, 1.82) is 0 Å². The first-order valence-corrected chi connectivity index (χ1v) is 14.5. The van der Waals surface area contributed by atoms with Gasteiger partial charge in [0.25, 0.3) is 5.91 Å². The fourth-order valence-electron chi connectivity index (χ4n) is 3.99. The van der Waals surface area contributed by atoms with Crippen molar-refractivity contribution >= 4 is 56.3 Å². The molecule has 0 unspecified atom stereocenters. The van der Waals surface area contributed by atoms with Gasteiger partial charge >= 0.3 is 5.97 Å². The van der Waals surface area contributed by atoms with Crippen molar-refractivity contribution in [2.24, 2.45) is 0 Å². The molecule has 0 bridgehead atoms. The summed E-state index contributed by atoms with van der Waals surface area (Å²) in [5.74, 6) is -1.40. The summed E-state index contributed by atoms with van der Waals surface area (Å²) in [7, 11) is -3.70. The van der Waals surface area contributed by atoms with Crippen LogP contribution in [0.15, 0.2) is 70.6 Å². The summed E-state index contributed by atoms with van der Waals surface area (Å²) in [5.41, 5.74) is 2.43. The summed E-state index contributed by atoms with van der Waals surface area (Å²) in [4.78, 5) is 25.8. The van der Waals surface area contributed by atoms with Gasteiger partial charge in [-0.2, -0.15) is 9.40 Å². The Morgan fingerprint density at radius 1 is 1.13 bits per heavy atom. The molecule has 0 atom stereocenters. The number of thioether (sulfide) groups is 1. The van der Waals surface area contributed by atoms with Crippen molar-refractivity contribution in [2.45, 2.75) is 25.2 Å². The molecule has 0 saturated carbocycles. The molecule has 1 aliphatic rings. The van der Waals surface area contributed by atoms with Crippen LogP contribution in [0.2, 0.25) is 0 Å². The lowest BCUT2D eigenvalue weighted by molar-refractivity contribution is -0.137. The van der Waals surface area contributed by atoms with Crippen LogP contribution < -0.4 is 0 Å². The van der Waals surface area contributed by atoms with Crippen molar-refractivity contribution in [3.8, 4) is 16.9 Å². The van der Waals surface area contributed by atoms with E-state index < -0.39 is 16.0 Å². The van der Waals surface area contributed by atoms with Crippen LogP contribution >= 0.6 is 24.0 Å². The average molecular weight is 571 g/mol. The number of carboxylic acids is 1. The zero-order chi connectivity index (χ0) is 27.4. The molecular formula is C26H26N4O5S3. The third-order valence-electron chi connectivity index (χ3n) is 5.92. The van der Waals surface area contributed by atoms with E-state index in [1.54, 1.807) is 55.1 Å². The summed E-state index contributed by atoms with van der Waals surface area (Å²) < 4.78 is 29.7. The molecule has 38 heavy (non-hydrogen) atoms. The largest absolute Gasteiger partial charge is 0.481 e. The molecule has 0 radical (unpaired) electrons. The number of hydrogen-bond donors (Lipinski definition) is 1. The van der Waals surface area contributed by atoms with E-state index in [1.807, 2.05) is 30.3 Å². The number of benzene rings is 2. The highest BCUT2D eigenvalue weighted by atomic mass is 32.2. The molecule has 198 valence electrons. The number of aliphatic carboxylic acids is 1. The number of para-hydroxylation sites is 1. The number of aromatic nitrogens is 2. The second kappa shape index (κ2) is 11.6. The number of carbonyl (C=O) groups excluding carboxylic acids is 1. The molecule has 12 heteroatoms. The highest BCUT2D eigenvalue weighted by Crippen LogP contribution is 2.35. The van der Waals surface area contributed by atoms with Gasteiger partial charge in [0, 0.05) is 37.0 Å². The first kappa shape index (κ1) is 27.7. The third kappa shape index (κ3) is 5.73. The zero-order valence-electron chi connectivity index (χ0n) is 20.8. The molecule has 0 spiro atoms. The fourth-order valence-corrected chi connectivity index (χ4v) is 6.79. The van der Waals surface area contributed by atoms with Crippen LogP contribution in [0.5, 0.6) is 0 Å². The van der Waals surface area contributed by atoms with Crippen molar-refractivity contribution in [1.82, 2.24) is 19.0 Å². The van der Waals surface area contributed by atoms with E-state index in [-0.39, 0.29) is 28.1 Å². The van der Waals surface area contributed by atoms with Gasteiger partial charge in [-0.05, 0) is 30.3 Å². The Hall–Kier alpha value is -3.32. The SMILES string of the molecule is CCN(CC)S(=O)(=O)c1cccc(-c2nn(-c3ccccc3)cc2/C=C2\SC(=S)N(CCC(=O)O)C2=O)c1. The van der Waals surface area contributed by atoms with E-state index in [4.69, 9.17) is 22.4 Å². The van der Waals surface area contributed by atoms with E-state index in [0.717, 1.165) is 17.4 Å². The molecule has 1 saturated heterocycles. The van der Waals surface area contributed by atoms with Gasteiger partial charge in [-0.1, -0.05) is 68.2 Å². The highest BCUT2D eigenvalue weighted by Gasteiger charge is 2.32. The lowest BCUT2D eigenvalue weighted by Crippen LogP contribution is -2.30. The Balaban J connectivity index is 1.80. The molecular weight excluding hydrogens is 545 g/mol. The van der Waals surface area contributed by atoms with Crippen LogP contribution in [0.3, 0.4) is 0 Å². The van der Waals surface area contributed by atoms with Crippen molar-refractivity contribution in [2.75, 3.05) is 19.6 Å². The Kier molecular flexibility index (Phi) is 8.46. The number of rotatable bonds is 10. The molecule has 2 aromatic carbocycles. The molecule has 1 N–H and O–H groups in total. The normalized spacial score (nSPS) is 15.1. The predicted octanol–water partition coefficient (Wildman–Crippen LogP) is 4.25. The molecule has 4 rings (SSSR count). The van der Waals surface area contributed by atoms with Crippen LogP contribution in [0.4, 0.5) is 0 Å². The summed E-state index contributed by atoms with van der Waals surface area (Å²) in [5, 5.41) is 13.7. The topological polar surface area (TPSA) is 113 Å². The number of carboxylic acid groups (broad SMARTS) is 1. The molecule has 1 amide bonds. The summed E-state index contributed by atoms with van der Waals surface area (Å²) >= 11 is 6.41. The van der Waals surface area contributed by atoms with E-state index in [1.165, 1.54) is 9.21 Å². The van der Waals surface area contributed by atoms with E-state index in [2.05, 4.69) is 0 Å². The minimum Gasteiger partial charge on any atom is -0.481 e. The molecule has 1 aromatic heterocycles. The second-order valence-corrected chi connectivity index (χ2v) is 11.9. The van der Waals surface area contributed by atoms with Crippen LogP contribution in [0.25, 0.3) is 23.0 Å². The van der Waals surface area contributed by atoms with Crippen LogP contribution in [0, 0.1) is 0 Å². The Morgan fingerprint density at radius 3 is 2.50 bits per heavy atom. The van der Waals surface area contributed by atoms with Crippen molar-refractivity contribution in [3.05, 3.63) is 71.3 Å². The fraction of sp³-hybridized carbons (Fsp3) is 0.231. The van der Waals surface area contributed by atoms with E-state index in [0.29, 0.717) is 34.8 Å². The summed E-state index contributed by atoms with van der Waals surface area (Å²) in [6, 6.07) is 16.0. The second-order valence-electron chi connectivity index (χ2n) is 8.31. The lowest BCUT2D eigenvalue weighted by atomic mass is 10.1. The Bertz CT molecular complexity index is 1510. The molecule has 2 heterocycles. The zero-order valence-corrected chi connectivity index (χ0v) is 23.2. The molecule has 9 nitrogen and oxygen atoms in total. The van der Waals surface area contributed by atoms with Gasteiger partial charge in [-0.15, -0.1) is 0 Å². The van der Waals surface area contributed by atoms with Gasteiger partial charge in [0.2, 0.25) is 10.0 Å². The first-order valence-electron chi connectivity index (χ1n) is 11.9. The maximum absolute atomic E-state index is 13.2. The Labute approximate surface area is 230 Å². The van der Waals surface area contributed by atoms with Crippen molar-refractivity contribution < 1.29 is 23.1 Å². The monoisotopic (exact) mass is 570 g/mol. The predicted molar refractivity (Wildman–Crippen MR) is 151 cm³/mol. The number of nitrogens with zero attached hydrogens (tertiary/aromatic N) is 4. The minimum absolute atomic E-state index is 0.0151. The highest BCUT2D eigenvalue weighted by molar-refractivity contribution is 8.26. The maximum Gasteiger partial charge on any atom is 0.305 e. The quantitative estimate of drug-likeness (QED) is 0.284. The summed E-state index contributed by atoms with van der Waals surface area (Å²) in [6.07, 6.45) is 3.21. The average Bonchev–Trinajstić information content (AvgIpc) is 3.44. The van der Waals surface area contributed by atoms with Gasteiger partial charge in [0.1, 0.15) is 10.0 Å². The molecule has 0 aliphatic carbocycles. The van der Waals surface area contributed by atoms with Gasteiger partial charge < -0.3 is 5.11 Å². The molecule has 3 aromatic rings. The van der Waals surface area contributed by atoms with Gasteiger partial charge in [0.05, 0.1) is 21.9 Å². The van der Waals surface area contributed by atoms with Crippen LogP contribution in [0.1, 0.15) is 25.8 Å². The first-order chi connectivity index (χ1) is 18.1. The third-order valence-corrected chi connectivity index (χ3v) is 9.35. The number of hydrogen-bond acceptors (Lipinski definition) is 7.